The maximum atomic E-state index is 6.03. The minimum absolute atomic E-state index is 0.800. The zero-order chi connectivity index (χ0) is 24.8. The van der Waals surface area contributed by atoms with Gasteiger partial charge in [-0.3, -0.25) is 0 Å². The first-order chi connectivity index (χ1) is 17.3. The van der Waals surface area contributed by atoms with Crippen LogP contribution < -0.4 is 9.47 Å². The second-order valence-electron chi connectivity index (χ2n) is 10.1. The number of rotatable bonds is 22. The predicted molar refractivity (Wildman–Crippen MR) is 153 cm³/mol. The lowest BCUT2D eigenvalue weighted by molar-refractivity contribution is 0.304. The summed E-state index contributed by atoms with van der Waals surface area (Å²) in [5.41, 5.74) is 2.24. The molecular weight excluding hydrogens is 428 g/mol. The molecule has 35 heavy (non-hydrogen) atoms. The van der Waals surface area contributed by atoms with E-state index in [1.807, 2.05) is 24.3 Å². The van der Waals surface area contributed by atoms with E-state index in [0.717, 1.165) is 35.7 Å². The van der Waals surface area contributed by atoms with Crippen LogP contribution in [-0.2, 0) is 0 Å². The third-order valence-electron chi connectivity index (χ3n) is 7.02. The van der Waals surface area contributed by atoms with Crippen LogP contribution in [0.25, 0.3) is 11.1 Å². The Bertz CT molecular complexity index is 754. The Morgan fingerprint density at radius 1 is 0.543 bits per heavy atom. The standard InChI is InChI=1S/C33H52O2/c1-3-4-5-6-7-8-9-10-11-12-13-14-15-16-17-18-19-22-28-35-31-25-23-24-30(29-31)32-26-20-21-27-33(32)34-2/h20-21,23-27,29H,3-19,22,28H2,1-2H3. The number of hydrogen-bond acceptors (Lipinski definition) is 2. The molecule has 0 aliphatic rings. The van der Waals surface area contributed by atoms with Crippen LogP contribution in [0.3, 0.4) is 0 Å². The first-order valence-electron chi connectivity index (χ1n) is 14.7. The molecule has 0 bridgehead atoms. The molecule has 0 fully saturated rings. The number of para-hydroxylation sites is 1. The summed E-state index contributed by atoms with van der Waals surface area (Å²) in [6, 6.07) is 16.5. The second kappa shape index (κ2) is 20.3. The fourth-order valence-corrected chi connectivity index (χ4v) is 4.83. The third kappa shape index (κ3) is 13.6. The summed E-state index contributed by atoms with van der Waals surface area (Å²) in [7, 11) is 1.72. The molecule has 0 aromatic heterocycles. The van der Waals surface area contributed by atoms with Gasteiger partial charge in [-0.05, 0) is 30.2 Å². The van der Waals surface area contributed by atoms with Crippen LogP contribution >= 0.6 is 0 Å². The molecule has 0 radical (unpaired) electrons. The molecule has 2 nitrogen and oxygen atoms in total. The highest BCUT2D eigenvalue weighted by Crippen LogP contribution is 2.31. The van der Waals surface area contributed by atoms with Crippen molar-refractivity contribution in [1.29, 1.82) is 0 Å². The van der Waals surface area contributed by atoms with Gasteiger partial charge < -0.3 is 9.47 Å². The highest BCUT2D eigenvalue weighted by molar-refractivity contribution is 5.71. The molecule has 0 aliphatic heterocycles. The van der Waals surface area contributed by atoms with Gasteiger partial charge in [0.1, 0.15) is 11.5 Å². The molecule has 0 atom stereocenters. The molecule has 0 saturated carbocycles. The Hall–Kier alpha value is -1.96. The summed E-state index contributed by atoms with van der Waals surface area (Å²) in [6.45, 7) is 3.09. The van der Waals surface area contributed by atoms with Gasteiger partial charge in [0.15, 0.2) is 0 Å². The summed E-state index contributed by atoms with van der Waals surface area (Å²) in [5, 5.41) is 0. The van der Waals surface area contributed by atoms with Crippen molar-refractivity contribution in [3.63, 3.8) is 0 Å². The topological polar surface area (TPSA) is 18.5 Å². The van der Waals surface area contributed by atoms with Crippen molar-refractivity contribution in [1.82, 2.24) is 0 Å². The minimum atomic E-state index is 0.800. The van der Waals surface area contributed by atoms with Crippen molar-refractivity contribution < 1.29 is 9.47 Å². The van der Waals surface area contributed by atoms with Gasteiger partial charge in [-0.1, -0.05) is 146 Å². The van der Waals surface area contributed by atoms with E-state index in [2.05, 4.69) is 31.2 Å². The van der Waals surface area contributed by atoms with E-state index in [4.69, 9.17) is 9.47 Å². The van der Waals surface area contributed by atoms with Gasteiger partial charge in [-0.2, -0.15) is 0 Å². The number of unbranched alkanes of at least 4 members (excludes halogenated alkanes) is 17. The Balaban J connectivity index is 1.39. The highest BCUT2D eigenvalue weighted by Gasteiger charge is 2.06. The van der Waals surface area contributed by atoms with Crippen molar-refractivity contribution in [2.45, 2.75) is 122 Å². The van der Waals surface area contributed by atoms with E-state index < -0.39 is 0 Å². The first kappa shape index (κ1) is 29.3. The molecule has 0 unspecified atom stereocenters. The molecule has 0 heterocycles. The van der Waals surface area contributed by atoms with Crippen LogP contribution in [-0.4, -0.2) is 13.7 Å². The summed E-state index contributed by atoms with van der Waals surface area (Å²) in [6.07, 6.45) is 25.3. The summed E-state index contributed by atoms with van der Waals surface area (Å²) >= 11 is 0. The van der Waals surface area contributed by atoms with E-state index in [9.17, 15) is 0 Å². The number of hydrogen-bond donors (Lipinski definition) is 0. The lowest BCUT2D eigenvalue weighted by atomic mass is 10.0. The predicted octanol–water partition coefficient (Wildman–Crippen LogP) is 10.8. The SMILES string of the molecule is CCCCCCCCCCCCCCCCCCCCOc1cccc(-c2ccccc2OC)c1. The van der Waals surface area contributed by atoms with Crippen molar-refractivity contribution in [3.05, 3.63) is 48.5 Å². The van der Waals surface area contributed by atoms with Gasteiger partial charge >= 0.3 is 0 Å². The molecule has 0 amide bonds. The number of benzene rings is 2. The molecule has 0 N–H and O–H groups in total. The van der Waals surface area contributed by atoms with Crippen LogP contribution in [0.2, 0.25) is 0 Å². The lowest BCUT2D eigenvalue weighted by Crippen LogP contribution is -1.97. The molecule has 2 aromatic carbocycles. The monoisotopic (exact) mass is 480 g/mol. The average molecular weight is 481 g/mol. The van der Waals surface area contributed by atoms with Gasteiger partial charge in [-0.25, -0.2) is 0 Å². The normalized spacial score (nSPS) is 11.0. The second-order valence-corrected chi connectivity index (χ2v) is 10.1. The van der Waals surface area contributed by atoms with Crippen LogP contribution in [0, 0.1) is 0 Å². The van der Waals surface area contributed by atoms with E-state index in [1.165, 1.54) is 109 Å². The Kier molecular flexibility index (Phi) is 16.9. The van der Waals surface area contributed by atoms with Gasteiger partial charge in [0, 0.05) is 5.56 Å². The largest absolute Gasteiger partial charge is 0.496 e. The molecule has 0 spiro atoms. The van der Waals surface area contributed by atoms with Gasteiger partial charge in [-0.15, -0.1) is 0 Å². The molecule has 0 aliphatic carbocycles. The highest BCUT2D eigenvalue weighted by atomic mass is 16.5. The zero-order valence-electron chi connectivity index (χ0n) is 22.9. The van der Waals surface area contributed by atoms with Crippen LogP contribution in [0.5, 0.6) is 11.5 Å². The lowest BCUT2D eigenvalue weighted by Gasteiger charge is -2.11. The first-order valence-corrected chi connectivity index (χ1v) is 14.7. The van der Waals surface area contributed by atoms with Gasteiger partial charge in [0.25, 0.3) is 0 Å². The van der Waals surface area contributed by atoms with E-state index in [0.29, 0.717) is 0 Å². The molecule has 2 aromatic rings. The molecule has 196 valence electrons. The zero-order valence-corrected chi connectivity index (χ0v) is 22.9. The van der Waals surface area contributed by atoms with E-state index in [-0.39, 0.29) is 0 Å². The van der Waals surface area contributed by atoms with Crippen molar-refractivity contribution in [3.8, 4) is 22.6 Å². The minimum Gasteiger partial charge on any atom is -0.496 e. The Morgan fingerprint density at radius 3 is 1.60 bits per heavy atom. The molecular formula is C33H52O2. The fourth-order valence-electron chi connectivity index (χ4n) is 4.83. The third-order valence-corrected chi connectivity index (χ3v) is 7.02. The van der Waals surface area contributed by atoms with E-state index >= 15 is 0 Å². The smallest absolute Gasteiger partial charge is 0.126 e. The Morgan fingerprint density at radius 2 is 1.06 bits per heavy atom. The average Bonchev–Trinajstić information content (AvgIpc) is 2.90. The van der Waals surface area contributed by atoms with Crippen LogP contribution in [0.15, 0.2) is 48.5 Å². The maximum Gasteiger partial charge on any atom is 0.126 e. The molecule has 2 heteroatoms. The van der Waals surface area contributed by atoms with Crippen molar-refractivity contribution in [2.75, 3.05) is 13.7 Å². The van der Waals surface area contributed by atoms with Crippen molar-refractivity contribution in [2.24, 2.45) is 0 Å². The van der Waals surface area contributed by atoms with E-state index in [1.54, 1.807) is 7.11 Å². The number of methoxy groups -OCH3 is 1. The van der Waals surface area contributed by atoms with Crippen molar-refractivity contribution >= 4 is 0 Å². The summed E-state index contributed by atoms with van der Waals surface area (Å²) in [5.74, 6) is 1.84. The Labute approximate surface area is 216 Å². The molecule has 2 rings (SSSR count). The fraction of sp³-hybridized carbons (Fsp3) is 0.636. The molecule has 0 saturated heterocycles. The number of ether oxygens (including phenoxy) is 2. The maximum absolute atomic E-state index is 6.03. The summed E-state index contributed by atoms with van der Waals surface area (Å²) in [4.78, 5) is 0. The summed E-state index contributed by atoms with van der Waals surface area (Å²) < 4.78 is 11.5. The quantitative estimate of drug-likeness (QED) is 0.156. The van der Waals surface area contributed by atoms with Gasteiger partial charge in [0.05, 0.1) is 13.7 Å². The van der Waals surface area contributed by atoms with Gasteiger partial charge in [0.2, 0.25) is 0 Å². The van der Waals surface area contributed by atoms with Crippen LogP contribution in [0.4, 0.5) is 0 Å². The van der Waals surface area contributed by atoms with Crippen LogP contribution in [0.1, 0.15) is 122 Å².